The molecule has 0 aliphatic rings. The molecule has 0 saturated carbocycles. The number of aliphatic carboxylic acids is 2. The van der Waals surface area contributed by atoms with Gasteiger partial charge in [-0.1, -0.05) is 6.58 Å². The van der Waals surface area contributed by atoms with E-state index < -0.39 is 30.4 Å². The minimum absolute atomic E-state index is 0. The van der Waals surface area contributed by atoms with Crippen molar-refractivity contribution in [1.29, 1.82) is 0 Å². The predicted molar refractivity (Wildman–Crippen MR) is 45.1 cm³/mol. The second kappa shape index (κ2) is 7.24. The van der Waals surface area contributed by atoms with Gasteiger partial charge in [0.05, 0.1) is 5.97 Å². The Hall–Kier alpha value is -1.08. The molecule has 15 heavy (non-hydrogen) atoms. The molecule has 0 bridgehead atoms. The van der Waals surface area contributed by atoms with Crippen LogP contribution in [-0.2, 0) is 19.1 Å². The van der Waals surface area contributed by atoms with E-state index >= 15 is 0 Å². The summed E-state index contributed by atoms with van der Waals surface area (Å²) in [6.45, 7) is 4.49. The summed E-state index contributed by atoms with van der Waals surface area (Å²) in [4.78, 5) is 31.1. The van der Waals surface area contributed by atoms with Crippen molar-refractivity contribution in [2.75, 3.05) is 0 Å². The molecule has 6 nitrogen and oxygen atoms in total. The maximum absolute atomic E-state index is 10.8. The van der Waals surface area contributed by atoms with E-state index in [2.05, 4.69) is 11.3 Å². The smallest absolute Gasteiger partial charge is 0.550 e. The summed E-state index contributed by atoms with van der Waals surface area (Å²) in [7, 11) is 0. The summed E-state index contributed by atoms with van der Waals surface area (Å²) in [5, 5.41) is 20.3. The van der Waals surface area contributed by atoms with Gasteiger partial charge in [0.2, 0.25) is 0 Å². The van der Waals surface area contributed by atoms with Crippen LogP contribution < -0.4 is 10.2 Å². The van der Waals surface area contributed by atoms with E-state index in [0.717, 1.165) is 0 Å². The summed E-state index contributed by atoms with van der Waals surface area (Å²) in [6.07, 6.45) is -2.79. The van der Waals surface area contributed by atoms with Crippen LogP contribution in [0.3, 0.4) is 0 Å². The minimum atomic E-state index is -1.84. The SMILES string of the molecule is C=C(C)C(=O)OC(CC(=O)[O-])C(=O)[O-].[Mg+2]. The first-order valence-electron chi connectivity index (χ1n) is 3.61. The zero-order chi connectivity index (χ0) is 11.3. The van der Waals surface area contributed by atoms with Gasteiger partial charge in [0.1, 0.15) is 6.10 Å². The van der Waals surface area contributed by atoms with Crippen LogP contribution in [0.15, 0.2) is 12.2 Å². The summed E-state index contributed by atoms with van der Waals surface area (Å²) in [5.41, 5.74) is -0.0328. The fraction of sp³-hybridized carbons (Fsp3) is 0.375. The molecule has 0 aromatic rings. The van der Waals surface area contributed by atoms with Crippen LogP contribution in [0.4, 0.5) is 0 Å². The van der Waals surface area contributed by atoms with Gasteiger partial charge in [0.25, 0.3) is 0 Å². The van der Waals surface area contributed by atoms with E-state index in [1.165, 1.54) is 6.92 Å². The van der Waals surface area contributed by atoms with E-state index in [-0.39, 0.29) is 28.6 Å². The zero-order valence-corrected chi connectivity index (χ0v) is 9.56. The Morgan fingerprint density at radius 2 is 1.80 bits per heavy atom. The number of carboxylic acid groups (broad SMARTS) is 2. The van der Waals surface area contributed by atoms with Crippen molar-refractivity contribution in [2.24, 2.45) is 0 Å². The van der Waals surface area contributed by atoms with Gasteiger partial charge in [-0.05, 0) is 6.92 Å². The number of rotatable bonds is 5. The molecule has 0 aromatic carbocycles. The molecule has 0 spiro atoms. The second-order valence-electron chi connectivity index (χ2n) is 2.57. The summed E-state index contributed by atoms with van der Waals surface area (Å²) >= 11 is 0. The van der Waals surface area contributed by atoms with Crippen molar-refractivity contribution in [2.45, 2.75) is 19.4 Å². The van der Waals surface area contributed by atoms with Gasteiger partial charge >= 0.3 is 29.0 Å². The largest absolute Gasteiger partial charge is 2.00 e. The van der Waals surface area contributed by atoms with E-state index in [0.29, 0.717) is 0 Å². The quantitative estimate of drug-likeness (QED) is 0.280. The molecule has 7 heteroatoms. The van der Waals surface area contributed by atoms with E-state index in [1.807, 2.05) is 0 Å². The molecule has 1 atom stereocenters. The fourth-order valence-electron chi connectivity index (χ4n) is 0.554. The number of carboxylic acids is 2. The summed E-state index contributed by atoms with van der Waals surface area (Å²) in [5.74, 6) is -4.42. The van der Waals surface area contributed by atoms with Crippen LogP contribution in [0.1, 0.15) is 13.3 Å². The van der Waals surface area contributed by atoms with Gasteiger partial charge < -0.3 is 24.5 Å². The standard InChI is InChI=1S/C8H10O6.Mg/c1-4(2)8(13)14-5(7(11)12)3-6(9)10;/h5H,1,3H2,2H3,(H,9,10)(H,11,12);/q;+2/p-2. The molecule has 0 amide bonds. The number of carbonyl (C=O) groups is 3. The van der Waals surface area contributed by atoms with E-state index in [1.54, 1.807) is 0 Å². The maximum atomic E-state index is 10.8. The molecule has 0 aromatic heterocycles. The summed E-state index contributed by atoms with van der Waals surface area (Å²) < 4.78 is 4.26. The Kier molecular flexibility index (Phi) is 7.89. The third-order valence-electron chi connectivity index (χ3n) is 1.21. The third kappa shape index (κ3) is 6.92. The molecule has 0 rings (SSSR count). The molecule has 0 aliphatic heterocycles. The number of esters is 1. The molecule has 1 unspecified atom stereocenters. The zero-order valence-electron chi connectivity index (χ0n) is 8.15. The Labute approximate surface area is 102 Å². The molecule has 0 N–H and O–H groups in total. The van der Waals surface area contributed by atoms with Gasteiger partial charge in [-0.2, -0.15) is 0 Å². The van der Waals surface area contributed by atoms with Gasteiger partial charge in [0, 0.05) is 18.0 Å². The van der Waals surface area contributed by atoms with Crippen LogP contribution in [0.5, 0.6) is 0 Å². The molecule has 78 valence electrons. The van der Waals surface area contributed by atoms with Crippen LogP contribution in [0, 0.1) is 0 Å². The Balaban J connectivity index is 0. The summed E-state index contributed by atoms with van der Waals surface area (Å²) in [6, 6.07) is 0. The topological polar surface area (TPSA) is 107 Å². The Morgan fingerprint density at radius 1 is 1.33 bits per heavy atom. The third-order valence-corrected chi connectivity index (χ3v) is 1.21. The average molecular weight is 224 g/mol. The first kappa shape index (κ1) is 16.3. The molecule has 0 radical (unpaired) electrons. The molecular weight excluding hydrogens is 216 g/mol. The molecule has 0 aliphatic carbocycles. The van der Waals surface area contributed by atoms with Gasteiger partial charge in [-0.15, -0.1) is 0 Å². The predicted octanol–water partition coefficient (Wildman–Crippen LogP) is -3.02. The second-order valence-corrected chi connectivity index (χ2v) is 2.57. The van der Waals surface area contributed by atoms with Crippen molar-refractivity contribution in [3.8, 4) is 0 Å². The van der Waals surface area contributed by atoms with Crippen molar-refractivity contribution < 1.29 is 29.3 Å². The number of carbonyl (C=O) groups excluding carboxylic acids is 3. The average Bonchev–Trinajstić information content (AvgIpc) is 2.01. The van der Waals surface area contributed by atoms with Gasteiger partial charge in [-0.3, -0.25) is 0 Å². The van der Waals surface area contributed by atoms with Crippen molar-refractivity contribution in [3.05, 3.63) is 12.2 Å². The Bertz CT molecular complexity index is 285. The molecule has 0 saturated heterocycles. The van der Waals surface area contributed by atoms with E-state index in [9.17, 15) is 24.6 Å². The normalized spacial score (nSPS) is 10.7. The maximum Gasteiger partial charge on any atom is 2.00 e. The van der Waals surface area contributed by atoms with Gasteiger partial charge in [0.15, 0.2) is 0 Å². The monoisotopic (exact) mass is 224 g/mol. The minimum Gasteiger partial charge on any atom is -0.550 e. The van der Waals surface area contributed by atoms with Crippen LogP contribution in [0.25, 0.3) is 0 Å². The fourth-order valence-corrected chi connectivity index (χ4v) is 0.554. The molecule has 0 heterocycles. The van der Waals surface area contributed by atoms with Crippen LogP contribution >= 0.6 is 0 Å². The number of ether oxygens (including phenoxy) is 1. The van der Waals surface area contributed by atoms with Crippen molar-refractivity contribution in [1.82, 2.24) is 0 Å². The van der Waals surface area contributed by atoms with Gasteiger partial charge in [-0.25, -0.2) is 4.79 Å². The van der Waals surface area contributed by atoms with Crippen molar-refractivity contribution in [3.63, 3.8) is 0 Å². The van der Waals surface area contributed by atoms with Crippen LogP contribution in [-0.4, -0.2) is 47.1 Å². The van der Waals surface area contributed by atoms with Crippen molar-refractivity contribution >= 4 is 41.0 Å². The number of hydrogen-bond donors (Lipinski definition) is 0. The van der Waals surface area contributed by atoms with Crippen LogP contribution in [0.2, 0.25) is 0 Å². The van der Waals surface area contributed by atoms with E-state index in [4.69, 9.17) is 0 Å². The first-order valence-corrected chi connectivity index (χ1v) is 3.61. The molecular formula is C8H8MgO6. The Morgan fingerprint density at radius 3 is 2.07 bits per heavy atom. The first-order chi connectivity index (χ1) is 6.34. The number of hydrogen-bond acceptors (Lipinski definition) is 6. The molecule has 0 fully saturated rings.